The topological polar surface area (TPSA) is 104 Å². The van der Waals surface area contributed by atoms with Crippen LogP contribution >= 0.6 is 23.2 Å². The Morgan fingerprint density at radius 2 is 2.00 bits per heavy atom. The lowest BCUT2D eigenvalue weighted by atomic mass is 10.1. The van der Waals surface area contributed by atoms with E-state index in [1.807, 2.05) is 0 Å². The normalized spacial score (nSPS) is 18.6. The summed E-state index contributed by atoms with van der Waals surface area (Å²) in [7, 11) is -3.10. The quantitative estimate of drug-likeness (QED) is 0.575. The van der Waals surface area contributed by atoms with Gasteiger partial charge in [0.05, 0.1) is 47.0 Å². The molecule has 28 heavy (non-hydrogen) atoms. The van der Waals surface area contributed by atoms with Gasteiger partial charge in [0, 0.05) is 10.6 Å². The van der Waals surface area contributed by atoms with Gasteiger partial charge in [-0.25, -0.2) is 13.2 Å². The zero-order valence-corrected chi connectivity index (χ0v) is 16.7. The van der Waals surface area contributed by atoms with Crippen molar-refractivity contribution in [1.29, 1.82) is 0 Å². The second-order valence-corrected chi connectivity index (χ2v) is 9.66. The smallest absolute Gasteiger partial charge is 0.292 e. The molecular weight excluding hydrogens is 427 g/mol. The number of Topliss-reactive ketones (excluding diaryl/α,β-unsaturated/α-hetero) is 1. The van der Waals surface area contributed by atoms with Crippen LogP contribution in [0.1, 0.15) is 22.8 Å². The minimum atomic E-state index is -3.10. The first-order valence-electron chi connectivity index (χ1n) is 8.37. The molecular formula is C17H14Cl2N4O4S. The molecule has 2 aromatic heterocycles. The third-order valence-electron chi connectivity index (χ3n) is 4.72. The largest absolute Gasteiger partial charge is 0.348 e. The molecule has 1 aliphatic rings. The van der Waals surface area contributed by atoms with Crippen LogP contribution in [0.25, 0.3) is 11.0 Å². The minimum Gasteiger partial charge on any atom is -0.292 e. The van der Waals surface area contributed by atoms with Crippen molar-refractivity contribution in [3.05, 3.63) is 56.7 Å². The third kappa shape index (κ3) is 3.45. The first-order chi connectivity index (χ1) is 13.2. The van der Waals surface area contributed by atoms with E-state index >= 15 is 0 Å². The van der Waals surface area contributed by atoms with Crippen molar-refractivity contribution >= 4 is 49.9 Å². The second kappa shape index (κ2) is 6.98. The van der Waals surface area contributed by atoms with Crippen LogP contribution in [0.5, 0.6) is 0 Å². The molecule has 0 radical (unpaired) electrons. The number of rotatable bonds is 4. The van der Waals surface area contributed by atoms with Gasteiger partial charge in [-0.05, 0) is 24.6 Å². The monoisotopic (exact) mass is 440 g/mol. The highest BCUT2D eigenvalue weighted by Crippen LogP contribution is 2.27. The van der Waals surface area contributed by atoms with Crippen LogP contribution in [0, 0.1) is 0 Å². The van der Waals surface area contributed by atoms with E-state index in [0.717, 1.165) is 0 Å². The molecule has 1 saturated heterocycles. The molecule has 0 amide bonds. The van der Waals surface area contributed by atoms with E-state index in [2.05, 4.69) is 10.1 Å². The number of hydrogen-bond donors (Lipinski definition) is 0. The fourth-order valence-electron chi connectivity index (χ4n) is 3.34. The molecule has 1 aliphatic heterocycles. The van der Waals surface area contributed by atoms with Gasteiger partial charge in [0.25, 0.3) is 0 Å². The Bertz CT molecular complexity index is 1270. The molecule has 0 spiro atoms. The molecule has 146 valence electrons. The average molecular weight is 441 g/mol. The van der Waals surface area contributed by atoms with E-state index in [4.69, 9.17) is 23.2 Å². The fraction of sp³-hybridized carbons (Fsp3) is 0.294. The number of halogens is 2. The van der Waals surface area contributed by atoms with E-state index in [1.165, 1.54) is 29.1 Å². The zero-order valence-electron chi connectivity index (χ0n) is 14.4. The predicted octanol–water partition coefficient (Wildman–Crippen LogP) is 2.14. The minimum absolute atomic E-state index is 0.0117. The van der Waals surface area contributed by atoms with Crippen LogP contribution in [0.4, 0.5) is 0 Å². The van der Waals surface area contributed by atoms with Crippen LogP contribution in [0.3, 0.4) is 0 Å². The number of fused-ring (bicyclic) bond motifs is 1. The average Bonchev–Trinajstić information content (AvgIpc) is 3.20. The Balaban J connectivity index is 1.72. The van der Waals surface area contributed by atoms with Crippen LogP contribution in [0.15, 0.2) is 35.4 Å². The summed E-state index contributed by atoms with van der Waals surface area (Å²) in [4.78, 5) is 28.8. The molecule has 4 rings (SSSR count). The Hall–Kier alpha value is -2.23. The Kier molecular flexibility index (Phi) is 4.76. The van der Waals surface area contributed by atoms with Gasteiger partial charge in [0.15, 0.2) is 15.6 Å². The van der Waals surface area contributed by atoms with E-state index < -0.39 is 15.5 Å². The lowest BCUT2D eigenvalue weighted by Gasteiger charge is -2.11. The molecule has 1 aromatic carbocycles. The number of carbonyl (C=O) groups excluding carboxylic acids is 1. The SMILES string of the molecule is O=C(Cn1c(=O)ncc2c1cnn2C1CCS(=O)(=O)C1)c1ccc(Cl)cc1Cl. The highest BCUT2D eigenvalue weighted by Gasteiger charge is 2.31. The summed E-state index contributed by atoms with van der Waals surface area (Å²) in [6, 6.07) is 4.17. The number of aromatic nitrogens is 4. The van der Waals surface area contributed by atoms with Gasteiger partial charge < -0.3 is 0 Å². The molecule has 3 heterocycles. The second-order valence-electron chi connectivity index (χ2n) is 6.59. The lowest BCUT2D eigenvalue weighted by Crippen LogP contribution is -2.26. The van der Waals surface area contributed by atoms with E-state index in [-0.39, 0.29) is 40.5 Å². The van der Waals surface area contributed by atoms with Gasteiger partial charge in [0.2, 0.25) is 0 Å². The molecule has 1 fully saturated rings. The molecule has 1 atom stereocenters. The number of nitrogens with zero attached hydrogens (tertiary/aromatic N) is 4. The van der Waals surface area contributed by atoms with Crippen molar-refractivity contribution in [2.75, 3.05) is 11.5 Å². The van der Waals surface area contributed by atoms with Crippen LogP contribution < -0.4 is 5.69 Å². The summed E-state index contributed by atoms with van der Waals surface area (Å²) in [6.45, 7) is -0.279. The summed E-state index contributed by atoms with van der Waals surface area (Å²) < 4.78 is 26.3. The maximum Gasteiger partial charge on any atom is 0.348 e. The van der Waals surface area contributed by atoms with E-state index in [9.17, 15) is 18.0 Å². The van der Waals surface area contributed by atoms with Crippen molar-refractivity contribution in [1.82, 2.24) is 19.3 Å². The predicted molar refractivity (Wildman–Crippen MR) is 105 cm³/mol. The van der Waals surface area contributed by atoms with Crippen molar-refractivity contribution in [2.24, 2.45) is 0 Å². The highest BCUT2D eigenvalue weighted by molar-refractivity contribution is 7.91. The summed E-state index contributed by atoms with van der Waals surface area (Å²) in [6.07, 6.45) is 3.24. The van der Waals surface area contributed by atoms with Crippen molar-refractivity contribution in [2.45, 2.75) is 19.0 Å². The Morgan fingerprint density at radius 1 is 1.21 bits per heavy atom. The van der Waals surface area contributed by atoms with Gasteiger partial charge in [-0.1, -0.05) is 23.2 Å². The summed E-state index contributed by atoms with van der Waals surface area (Å²) in [5, 5.41) is 4.84. The maximum absolute atomic E-state index is 12.7. The first kappa shape index (κ1) is 19.1. The Morgan fingerprint density at radius 3 is 2.68 bits per heavy atom. The van der Waals surface area contributed by atoms with Gasteiger partial charge in [-0.15, -0.1) is 0 Å². The zero-order chi connectivity index (χ0) is 20.1. The molecule has 8 nitrogen and oxygen atoms in total. The van der Waals surface area contributed by atoms with Crippen LogP contribution in [-0.4, -0.2) is 45.0 Å². The fourth-order valence-corrected chi connectivity index (χ4v) is 5.55. The Labute approximate surface area is 169 Å². The molecule has 0 aliphatic carbocycles. The first-order valence-corrected chi connectivity index (χ1v) is 10.9. The van der Waals surface area contributed by atoms with E-state index in [0.29, 0.717) is 22.5 Å². The molecule has 11 heteroatoms. The van der Waals surface area contributed by atoms with Crippen LogP contribution in [-0.2, 0) is 16.4 Å². The maximum atomic E-state index is 12.7. The van der Waals surface area contributed by atoms with Crippen molar-refractivity contribution in [3.8, 4) is 0 Å². The summed E-state index contributed by atoms with van der Waals surface area (Å²) >= 11 is 11.9. The number of carbonyl (C=O) groups is 1. The third-order valence-corrected chi connectivity index (χ3v) is 7.02. The molecule has 0 saturated carbocycles. The van der Waals surface area contributed by atoms with Gasteiger partial charge in [-0.2, -0.15) is 10.1 Å². The summed E-state index contributed by atoms with van der Waals surface area (Å²) in [5.74, 6) is -0.295. The molecule has 0 N–H and O–H groups in total. The van der Waals surface area contributed by atoms with Crippen LogP contribution in [0.2, 0.25) is 10.0 Å². The van der Waals surface area contributed by atoms with Crippen molar-refractivity contribution in [3.63, 3.8) is 0 Å². The summed E-state index contributed by atoms with van der Waals surface area (Å²) in [5.41, 5.74) is 0.535. The highest BCUT2D eigenvalue weighted by atomic mass is 35.5. The van der Waals surface area contributed by atoms with E-state index in [1.54, 1.807) is 10.7 Å². The van der Waals surface area contributed by atoms with Gasteiger partial charge >= 0.3 is 5.69 Å². The molecule has 1 unspecified atom stereocenters. The number of ketones is 1. The molecule has 3 aromatic rings. The van der Waals surface area contributed by atoms with Gasteiger partial charge in [0.1, 0.15) is 5.52 Å². The lowest BCUT2D eigenvalue weighted by molar-refractivity contribution is 0.0972. The molecule has 0 bridgehead atoms. The number of benzene rings is 1. The van der Waals surface area contributed by atoms with Gasteiger partial charge in [-0.3, -0.25) is 14.0 Å². The number of sulfone groups is 1. The number of hydrogen-bond acceptors (Lipinski definition) is 6. The standard InChI is InChI=1S/C17H14Cl2N4O4S/c18-10-1-2-12(13(19)5-10)16(24)8-22-14-7-21-23(15(14)6-20-17(22)25)11-3-4-28(26,27)9-11/h1-2,5-7,11H,3-4,8-9H2. The van der Waals surface area contributed by atoms with Crippen molar-refractivity contribution < 1.29 is 13.2 Å².